The number of nitrogens with zero attached hydrogens (tertiary/aromatic N) is 4. The van der Waals surface area contributed by atoms with Crippen LogP contribution in [0.15, 0.2) is 95.5 Å². The van der Waals surface area contributed by atoms with Crippen LogP contribution in [0.3, 0.4) is 0 Å². The summed E-state index contributed by atoms with van der Waals surface area (Å²) in [6.07, 6.45) is 14.4. The smallest absolute Gasteiger partial charge is 0.325 e. The minimum absolute atomic E-state index is 0.297. The molecule has 0 atom stereocenters. The number of methoxy groups -OCH3 is 1. The van der Waals surface area contributed by atoms with Gasteiger partial charge in [-0.3, -0.25) is 4.90 Å². The summed E-state index contributed by atoms with van der Waals surface area (Å²) in [7, 11) is 1.65. The number of allylic oxidation sites excluding steroid dienone is 3. The molecule has 2 aliphatic rings. The van der Waals surface area contributed by atoms with Gasteiger partial charge in [-0.05, 0) is 48.2 Å². The standard InChI is InChI=1S/C26H25N5O4/c1-32-21-11-9-19(10-12-21)16-28-24-22(8-5-13-27-24)25-29-30-26(35-25)31(23-18-33-14-15-34-23)17-20-6-3-2-4-7-20/h2-3,5-6,8-15,18H,4,7,16-17H2,1H3,(H,27,28). The monoisotopic (exact) mass is 471 g/mol. The lowest BCUT2D eigenvalue weighted by Gasteiger charge is -2.24. The zero-order chi connectivity index (χ0) is 23.9. The lowest BCUT2D eigenvalue weighted by molar-refractivity contribution is 0.245. The van der Waals surface area contributed by atoms with Gasteiger partial charge in [-0.2, -0.15) is 0 Å². The number of nitrogens with one attached hydrogen (secondary N) is 1. The maximum Gasteiger partial charge on any atom is 0.325 e. The largest absolute Gasteiger partial charge is 0.497 e. The topological polar surface area (TPSA) is 94.8 Å². The summed E-state index contributed by atoms with van der Waals surface area (Å²) in [6, 6.07) is 11.9. The number of hydrogen-bond acceptors (Lipinski definition) is 9. The van der Waals surface area contributed by atoms with Crippen LogP contribution in [-0.2, 0) is 16.0 Å². The first-order valence-corrected chi connectivity index (χ1v) is 11.3. The number of aromatic nitrogens is 3. The third-order valence-corrected chi connectivity index (χ3v) is 5.52. The Morgan fingerprint density at radius 3 is 2.80 bits per heavy atom. The van der Waals surface area contributed by atoms with E-state index in [2.05, 4.69) is 38.7 Å². The third-order valence-electron chi connectivity index (χ3n) is 5.52. The molecule has 1 aromatic carbocycles. The van der Waals surface area contributed by atoms with Crippen molar-refractivity contribution in [3.05, 3.63) is 96.6 Å². The second-order valence-electron chi connectivity index (χ2n) is 7.85. The highest BCUT2D eigenvalue weighted by molar-refractivity contribution is 5.69. The second-order valence-corrected chi connectivity index (χ2v) is 7.85. The Labute approximate surface area is 203 Å². The zero-order valence-electron chi connectivity index (χ0n) is 19.3. The molecule has 0 amide bonds. The van der Waals surface area contributed by atoms with Crippen LogP contribution in [0.1, 0.15) is 18.4 Å². The summed E-state index contributed by atoms with van der Waals surface area (Å²) in [5, 5.41) is 12.0. The average molecular weight is 472 g/mol. The SMILES string of the molecule is COc1ccc(CNc2ncccc2-c2nnc(N(CC3=CC=CCC3)C3=COC=CO3)o2)cc1. The summed E-state index contributed by atoms with van der Waals surface area (Å²) in [5.41, 5.74) is 3.01. The van der Waals surface area contributed by atoms with E-state index in [1.807, 2.05) is 36.4 Å². The Bertz CT molecular complexity index is 1280. The van der Waals surface area contributed by atoms with E-state index in [0.717, 1.165) is 24.2 Å². The second kappa shape index (κ2) is 10.6. The van der Waals surface area contributed by atoms with Crippen molar-refractivity contribution in [3.63, 3.8) is 0 Å². The molecule has 0 saturated heterocycles. The Morgan fingerprint density at radius 2 is 2.03 bits per heavy atom. The molecule has 1 aliphatic heterocycles. The van der Waals surface area contributed by atoms with Crippen molar-refractivity contribution in [1.29, 1.82) is 0 Å². The minimum Gasteiger partial charge on any atom is -0.497 e. The Hall–Kier alpha value is -4.53. The molecule has 9 heteroatoms. The fourth-order valence-electron chi connectivity index (χ4n) is 3.69. The van der Waals surface area contributed by atoms with Crippen molar-refractivity contribution in [2.75, 3.05) is 23.9 Å². The van der Waals surface area contributed by atoms with Gasteiger partial charge in [0.1, 0.15) is 24.1 Å². The van der Waals surface area contributed by atoms with Crippen molar-refractivity contribution in [1.82, 2.24) is 15.2 Å². The molecule has 178 valence electrons. The molecule has 0 radical (unpaired) electrons. The lowest BCUT2D eigenvalue weighted by Crippen LogP contribution is -2.27. The van der Waals surface area contributed by atoms with E-state index in [4.69, 9.17) is 18.6 Å². The Morgan fingerprint density at radius 1 is 1.11 bits per heavy atom. The van der Waals surface area contributed by atoms with Crippen LogP contribution in [0, 0.1) is 0 Å². The fourth-order valence-corrected chi connectivity index (χ4v) is 3.69. The maximum atomic E-state index is 6.11. The van der Waals surface area contributed by atoms with Crippen molar-refractivity contribution in [3.8, 4) is 17.2 Å². The molecule has 35 heavy (non-hydrogen) atoms. The van der Waals surface area contributed by atoms with Gasteiger partial charge < -0.3 is 23.9 Å². The number of pyridine rings is 1. The molecule has 1 N–H and O–H groups in total. The van der Waals surface area contributed by atoms with Crippen LogP contribution in [-0.4, -0.2) is 28.8 Å². The first kappa shape index (κ1) is 22.3. The van der Waals surface area contributed by atoms with E-state index in [1.54, 1.807) is 18.2 Å². The van der Waals surface area contributed by atoms with Crippen LogP contribution in [0.4, 0.5) is 11.8 Å². The molecule has 3 aromatic rings. The molecule has 0 unspecified atom stereocenters. The van der Waals surface area contributed by atoms with E-state index in [-0.39, 0.29) is 0 Å². The van der Waals surface area contributed by atoms with Gasteiger partial charge in [0.2, 0.25) is 5.88 Å². The first-order chi connectivity index (χ1) is 17.3. The van der Waals surface area contributed by atoms with E-state index < -0.39 is 0 Å². The molecule has 1 aliphatic carbocycles. The Kier molecular flexibility index (Phi) is 6.75. The molecule has 2 aromatic heterocycles. The maximum absolute atomic E-state index is 6.11. The van der Waals surface area contributed by atoms with Crippen molar-refractivity contribution >= 4 is 11.8 Å². The fraction of sp³-hybridized carbons (Fsp3) is 0.192. The Balaban J connectivity index is 1.37. The minimum atomic E-state index is 0.297. The highest BCUT2D eigenvalue weighted by Gasteiger charge is 2.24. The molecule has 5 rings (SSSR count). The predicted molar refractivity (Wildman–Crippen MR) is 131 cm³/mol. The van der Waals surface area contributed by atoms with Crippen LogP contribution in [0.2, 0.25) is 0 Å². The first-order valence-electron chi connectivity index (χ1n) is 11.3. The van der Waals surface area contributed by atoms with Gasteiger partial charge >= 0.3 is 6.01 Å². The molecule has 0 fully saturated rings. The van der Waals surface area contributed by atoms with Gasteiger partial charge in [-0.15, -0.1) is 5.10 Å². The number of rotatable bonds is 9. The quantitative estimate of drug-likeness (QED) is 0.454. The molecular formula is C26H25N5O4. The predicted octanol–water partition coefficient (Wildman–Crippen LogP) is 5.15. The summed E-state index contributed by atoms with van der Waals surface area (Å²) < 4.78 is 22.3. The van der Waals surface area contributed by atoms with Gasteiger partial charge in [-0.1, -0.05) is 35.5 Å². The number of ether oxygens (including phenoxy) is 3. The van der Waals surface area contributed by atoms with Crippen LogP contribution in [0.25, 0.3) is 11.5 Å². The molecule has 0 spiro atoms. The highest BCUT2D eigenvalue weighted by Crippen LogP contribution is 2.30. The number of hydrogen-bond donors (Lipinski definition) is 1. The van der Waals surface area contributed by atoms with E-state index >= 15 is 0 Å². The van der Waals surface area contributed by atoms with E-state index in [0.29, 0.717) is 42.3 Å². The average Bonchev–Trinajstić information content (AvgIpc) is 3.42. The van der Waals surface area contributed by atoms with Crippen LogP contribution < -0.4 is 15.0 Å². The molecule has 0 saturated carbocycles. The van der Waals surface area contributed by atoms with Crippen molar-refractivity contribution < 1.29 is 18.6 Å². The van der Waals surface area contributed by atoms with Gasteiger partial charge in [0.15, 0.2) is 6.26 Å². The summed E-state index contributed by atoms with van der Waals surface area (Å²) in [5.74, 6) is 2.26. The summed E-state index contributed by atoms with van der Waals surface area (Å²) >= 11 is 0. The zero-order valence-corrected chi connectivity index (χ0v) is 19.3. The summed E-state index contributed by atoms with van der Waals surface area (Å²) in [6.45, 7) is 1.11. The molecular weight excluding hydrogens is 446 g/mol. The van der Waals surface area contributed by atoms with Crippen LogP contribution >= 0.6 is 0 Å². The van der Waals surface area contributed by atoms with Crippen LogP contribution in [0.5, 0.6) is 5.75 Å². The molecule has 3 heterocycles. The third kappa shape index (κ3) is 5.35. The number of benzene rings is 1. The highest BCUT2D eigenvalue weighted by atomic mass is 16.5. The van der Waals surface area contributed by atoms with Crippen molar-refractivity contribution in [2.45, 2.75) is 19.4 Å². The van der Waals surface area contributed by atoms with Gasteiger partial charge in [-0.25, -0.2) is 4.98 Å². The molecule has 9 nitrogen and oxygen atoms in total. The van der Waals surface area contributed by atoms with Crippen molar-refractivity contribution in [2.24, 2.45) is 0 Å². The normalized spacial score (nSPS) is 14.4. The molecule has 0 bridgehead atoms. The summed E-state index contributed by atoms with van der Waals surface area (Å²) in [4.78, 5) is 6.28. The van der Waals surface area contributed by atoms with E-state index in [9.17, 15) is 0 Å². The lowest BCUT2D eigenvalue weighted by atomic mass is 10.1. The van der Waals surface area contributed by atoms with Gasteiger partial charge in [0, 0.05) is 12.7 Å². The van der Waals surface area contributed by atoms with Gasteiger partial charge in [0.25, 0.3) is 5.89 Å². The van der Waals surface area contributed by atoms with E-state index in [1.165, 1.54) is 24.4 Å². The van der Waals surface area contributed by atoms with Gasteiger partial charge in [0.05, 0.1) is 19.2 Å². The number of anilines is 2.